The number of fused-ring (bicyclic) bond motifs is 1. The zero-order chi connectivity index (χ0) is 22.6. The first-order valence-electron chi connectivity index (χ1n) is 10.8. The lowest BCUT2D eigenvalue weighted by atomic mass is 9.97. The summed E-state index contributed by atoms with van der Waals surface area (Å²) in [6, 6.07) is 22.5. The molecule has 0 aliphatic carbocycles. The molecule has 4 aromatic rings. The number of nitrogens with zero attached hydrogens (tertiary/aromatic N) is 4. The first-order chi connectivity index (χ1) is 16.2. The van der Waals surface area contributed by atoms with Crippen LogP contribution in [0.25, 0.3) is 11.0 Å². The predicted molar refractivity (Wildman–Crippen MR) is 132 cm³/mol. The van der Waals surface area contributed by atoms with Crippen LogP contribution in [0.5, 0.6) is 0 Å². The molecule has 0 saturated carbocycles. The van der Waals surface area contributed by atoms with Crippen molar-refractivity contribution < 1.29 is 4.39 Å². The molecular weight excluding hydrogens is 433 g/mol. The number of halogens is 1. The van der Waals surface area contributed by atoms with Crippen LogP contribution in [0.1, 0.15) is 29.2 Å². The van der Waals surface area contributed by atoms with Crippen molar-refractivity contribution in [2.45, 2.75) is 18.9 Å². The third kappa shape index (κ3) is 4.59. The van der Waals surface area contributed by atoms with E-state index in [2.05, 4.69) is 27.4 Å². The lowest BCUT2D eigenvalue weighted by Crippen LogP contribution is -2.37. The van der Waals surface area contributed by atoms with E-state index in [-0.39, 0.29) is 11.9 Å². The van der Waals surface area contributed by atoms with Crippen LogP contribution >= 0.6 is 12.2 Å². The molecule has 5 nitrogen and oxygen atoms in total. The third-order valence-corrected chi connectivity index (χ3v) is 6.05. The zero-order valence-electron chi connectivity index (χ0n) is 17.9. The van der Waals surface area contributed by atoms with Gasteiger partial charge in [-0.05, 0) is 48.0 Å². The smallest absolute Gasteiger partial charge is 0.190 e. The van der Waals surface area contributed by atoms with Crippen LogP contribution in [0.3, 0.4) is 0 Å². The number of aromatic nitrogens is 2. The first kappa shape index (κ1) is 21.2. The number of para-hydroxylation sites is 1. The molecule has 33 heavy (non-hydrogen) atoms. The Kier molecular flexibility index (Phi) is 6.04. The van der Waals surface area contributed by atoms with Crippen molar-refractivity contribution in [3.05, 3.63) is 108 Å². The number of rotatable bonds is 5. The van der Waals surface area contributed by atoms with Gasteiger partial charge in [-0.15, -0.1) is 0 Å². The number of nitrogens with one attached hydrogen (secondary N) is 1. The van der Waals surface area contributed by atoms with Crippen LogP contribution in [0.4, 0.5) is 4.39 Å². The molecule has 2 heterocycles. The zero-order valence-corrected chi connectivity index (χ0v) is 18.7. The van der Waals surface area contributed by atoms with Gasteiger partial charge in [-0.25, -0.2) is 9.40 Å². The van der Waals surface area contributed by atoms with Gasteiger partial charge in [-0.2, -0.15) is 5.10 Å². The molecule has 1 aliphatic heterocycles. The van der Waals surface area contributed by atoms with Crippen molar-refractivity contribution in [3.63, 3.8) is 0 Å². The summed E-state index contributed by atoms with van der Waals surface area (Å²) in [6.07, 6.45) is 4.87. The Morgan fingerprint density at radius 2 is 1.76 bits per heavy atom. The molecule has 0 bridgehead atoms. The molecule has 0 radical (unpaired) electrons. The van der Waals surface area contributed by atoms with Crippen LogP contribution < -0.4 is 5.32 Å². The van der Waals surface area contributed by atoms with Gasteiger partial charge in [0.25, 0.3) is 0 Å². The third-order valence-electron chi connectivity index (χ3n) is 5.72. The Labute approximate surface area is 197 Å². The molecule has 0 fully saturated rings. The van der Waals surface area contributed by atoms with E-state index in [0.29, 0.717) is 18.1 Å². The Morgan fingerprint density at radius 1 is 0.970 bits per heavy atom. The van der Waals surface area contributed by atoms with Gasteiger partial charge >= 0.3 is 0 Å². The average Bonchev–Trinajstić information content (AvgIpc) is 3.30. The standard InChI is InChI=1S/C26H22FN5S/c27-20-11-9-19(10-12-20)23-17-24(21-7-4-8-22-25(21)29-16-15-28-22)32(31-23)26(33)30-14-13-18-5-2-1-3-6-18/h1-12,15-16,24H,13-14,17H2,(H,30,33)/t24-/m0/s1. The predicted octanol–water partition coefficient (Wildman–Crippen LogP) is 5.04. The van der Waals surface area contributed by atoms with Gasteiger partial charge < -0.3 is 5.32 Å². The quantitative estimate of drug-likeness (QED) is 0.428. The minimum atomic E-state index is -0.270. The van der Waals surface area contributed by atoms with E-state index < -0.39 is 0 Å². The van der Waals surface area contributed by atoms with Crippen LogP contribution in [0.2, 0.25) is 0 Å². The lowest BCUT2D eigenvalue weighted by Gasteiger charge is -2.25. The van der Waals surface area contributed by atoms with E-state index in [4.69, 9.17) is 17.3 Å². The number of thiocarbonyl (C=S) groups is 1. The highest BCUT2D eigenvalue weighted by Gasteiger charge is 2.32. The monoisotopic (exact) mass is 455 g/mol. The van der Waals surface area contributed by atoms with Crippen LogP contribution in [0, 0.1) is 5.82 Å². The Hall–Kier alpha value is -3.71. The van der Waals surface area contributed by atoms with E-state index in [1.165, 1.54) is 17.7 Å². The normalized spacial score (nSPS) is 15.5. The Balaban J connectivity index is 1.43. The second-order valence-corrected chi connectivity index (χ2v) is 8.24. The van der Waals surface area contributed by atoms with Gasteiger partial charge in [-0.1, -0.05) is 54.6 Å². The summed E-state index contributed by atoms with van der Waals surface area (Å²) in [4.78, 5) is 9.02. The van der Waals surface area contributed by atoms with Gasteiger partial charge in [0, 0.05) is 30.9 Å². The summed E-state index contributed by atoms with van der Waals surface area (Å²) < 4.78 is 13.5. The lowest BCUT2D eigenvalue weighted by molar-refractivity contribution is 0.366. The molecule has 1 aliphatic rings. The molecule has 1 aromatic heterocycles. The molecule has 0 amide bonds. The number of hydrogen-bond donors (Lipinski definition) is 1. The van der Waals surface area contributed by atoms with E-state index in [0.717, 1.165) is 34.3 Å². The first-order valence-corrected chi connectivity index (χ1v) is 11.2. The van der Waals surface area contributed by atoms with E-state index in [1.807, 2.05) is 41.4 Å². The molecule has 3 aromatic carbocycles. The minimum absolute atomic E-state index is 0.137. The van der Waals surface area contributed by atoms with E-state index >= 15 is 0 Å². The van der Waals surface area contributed by atoms with E-state index in [9.17, 15) is 4.39 Å². The molecular formula is C26H22FN5S. The highest BCUT2D eigenvalue weighted by Crippen LogP contribution is 2.35. The topological polar surface area (TPSA) is 53.4 Å². The average molecular weight is 456 g/mol. The minimum Gasteiger partial charge on any atom is -0.361 e. The SMILES string of the molecule is Fc1ccc(C2=NN(C(=S)NCCc3ccccc3)[C@H](c3cccc4nccnc34)C2)cc1. The van der Waals surface area contributed by atoms with Crippen LogP contribution in [0.15, 0.2) is 90.3 Å². The molecule has 0 saturated heterocycles. The second-order valence-electron chi connectivity index (χ2n) is 7.86. The van der Waals surface area contributed by atoms with Crippen LogP contribution in [-0.4, -0.2) is 32.3 Å². The fraction of sp³-hybridized carbons (Fsp3) is 0.154. The van der Waals surface area contributed by atoms with E-state index in [1.54, 1.807) is 24.5 Å². The maximum atomic E-state index is 13.5. The summed E-state index contributed by atoms with van der Waals surface area (Å²) in [5.74, 6) is -0.270. The van der Waals surface area contributed by atoms with Gasteiger partial charge in [0.1, 0.15) is 5.82 Å². The molecule has 0 spiro atoms. The maximum Gasteiger partial charge on any atom is 0.190 e. The van der Waals surface area contributed by atoms with Crippen molar-refractivity contribution in [2.75, 3.05) is 6.54 Å². The van der Waals surface area contributed by atoms with Crippen molar-refractivity contribution in [3.8, 4) is 0 Å². The fourth-order valence-electron chi connectivity index (χ4n) is 4.08. The summed E-state index contributed by atoms with van der Waals surface area (Å²) in [6.45, 7) is 0.697. The Morgan fingerprint density at radius 3 is 2.58 bits per heavy atom. The molecule has 5 rings (SSSR count). The van der Waals surface area contributed by atoms with Crippen LogP contribution in [-0.2, 0) is 6.42 Å². The van der Waals surface area contributed by atoms with Crippen molar-refractivity contribution in [1.29, 1.82) is 0 Å². The van der Waals surface area contributed by atoms with Gasteiger partial charge in [-0.3, -0.25) is 9.97 Å². The molecule has 164 valence electrons. The Bertz CT molecular complexity index is 1300. The number of hydrazone groups is 1. The molecule has 0 unspecified atom stereocenters. The highest BCUT2D eigenvalue weighted by molar-refractivity contribution is 7.80. The summed E-state index contributed by atoms with van der Waals surface area (Å²) in [7, 11) is 0. The van der Waals surface area contributed by atoms with Gasteiger partial charge in [0.2, 0.25) is 0 Å². The summed E-state index contributed by atoms with van der Waals surface area (Å²) in [5.41, 5.74) is 5.64. The molecule has 1 N–H and O–H groups in total. The number of benzene rings is 3. The van der Waals surface area contributed by atoms with Crippen molar-refractivity contribution >= 4 is 34.1 Å². The molecule has 1 atom stereocenters. The van der Waals surface area contributed by atoms with Crippen molar-refractivity contribution in [2.24, 2.45) is 5.10 Å². The van der Waals surface area contributed by atoms with Gasteiger partial charge in [0.15, 0.2) is 5.11 Å². The largest absolute Gasteiger partial charge is 0.361 e. The number of hydrogen-bond acceptors (Lipinski definition) is 4. The fourth-order valence-corrected chi connectivity index (χ4v) is 4.35. The second kappa shape index (κ2) is 9.42. The van der Waals surface area contributed by atoms with Crippen molar-refractivity contribution in [1.82, 2.24) is 20.3 Å². The molecule has 7 heteroatoms. The van der Waals surface area contributed by atoms with Gasteiger partial charge in [0.05, 0.1) is 22.8 Å². The maximum absolute atomic E-state index is 13.5. The highest BCUT2D eigenvalue weighted by atomic mass is 32.1. The summed E-state index contributed by atoms with van der Waals surface area (Å²) >= 11 is 5.76. The summed E-state index contributed by atoms with van der Waals surface area (Å²) in [5, 5.41) is 10.6.